The lowest BCUT2D eigenvalue weighted by molar-refractivity contribution is -0.115. The Labute approximate surface area is 230 Å². The Morgan fingerprint density at radius 3 is 2.50 bits per heavy atom. The molecule has 6 nitrogen and oxygen atoms in total. The van der Waals surface area contributed by atoms with E-state index in [4.69, 9.17) is 51.4 Å². The van der Waals surface area contributed by atoms with Crippen LogP contribution in [0.2, 0.25) is 15.1 Å². The molecule has 1 aliphatic heterocycles. The summed E-state index contributed by atoms with van der Waals surface area (Å²) < 4.78 is 5.79. The highest BCUT2D eigenvalue weighted by molar-refractivity contribution is 7.80. The number of anilines is 2. The second-order valence-corrected chi connectivity index (χ2v) is 9.74. The third kappa shape index (κ3) is 6.41. The highest BCUT2D eigenvalue weighted by atomic mass is 35.5. The highest BCUT2D eigenvalue weighted by Crippen LogP contribution is 2.35. The number of thiocarbonyl (C=S) groups is 1. The minimum atomic E-state index is -0.397. The molecule has 4 rings (SSSR count). The number of halogens is 3. The van der Waals surface area contributed by atoms with Gasteiger partial charge in [0, 0.05) is 37.8 Å². The van der Waals surface area contributed by atoms with Crippen molar-refractivity contribution >= 4 is 75.5 Å². The van der Waals surface area contributed by atoms with Crippen molar-refractivity contribution in [3.05, 3.63) is 75.4 Å². The van der Waals surface area contributed by atoms with Crippen molar-refractivity contribution in [3.63, 3.8) is 0 Å². The topological polar surface area (TPSA) is 60.8 Å². The lowest BCUT2D eigenvalue weighted by atomic mass is 10.2. The number of rotatable bonds is 6. The van der Waals surface area contributed by atoms with Crippen LogP contribution >= 0.6 is 47.0 Å². The monoisotopic (exact) mass is 562 g/mol. The van der Waals surface area contributed by atoms with Crippen molar-refractivity contribution in [2.24, 2.45) is 0 Å². The quantitative estimate of drug-likeness (QED) is 0.261. The van der Waals surface area contributed by atoms with E-state index in [1.54, 1.807) is 30.3 Å². The second-order valence-electron chi connectivity index (χ2n) is 8.14. The number of benzene rings is 2. The fourth-order valence-electron chi connectivity index (χ4n) is 3.97. The van der Waals surface area contributed by atoms with Gasteiger partial charge in [-0.1, -0.05) is 53.9 Å². The van der Waals surface area contributed by atoms with Gasteiger partial charge in [-0.05, 0) is 61.2 Å². The number of nitrogens with zero attached hydrogens (tertiary/aromatic N) is 2. The summed E-state index contributed by atoms with van der Waals surface area (Å²) in [5.74, 6) is 0.637. The van der Waals surface area contributed by atoms with E-state index < -0.39 is 5.91 Å². The van der Waals surface area contributed by atoms with E-state index in [-0.39, 0.29) is 5.11 Å². The zero-order valence-electron chi connectivity index (χ0n) is 19.6. The molecule has 0 radical (unpaired) electrons. The fourth-order valence-corrected chi connectivity index (χ4v) is 4.87. The summed E-state index contributed by atoms with van der Waals surface area (Å²) in [6, 6.07) is 14.4. The Morgan fingerprint density at radius 1 is 1.03 bits per heavy atom. The molecule has 1 aromatic heterocycles. The van der Waals surface area contributed by atoms with E-state index in [1.165, 1.54) is 6.08 Å². The number of amides is 1. The molecule has 1 aliphatic rings. The third-order valence-corrected chi connectivity index (χ3v) is 7.18. The van der Waals surface area contributed by atoms with Gasteiger partial charge in [0.1, 0.15) is 11.5 Å². The maximum absolute atomic E-state index is 12.5. The lowest BCUT2D eigenvalue weighted by Gasteiger charge is -2.36. The summed E-state index contributed by atoms with van der Waals surface area (Å²) >= 11 is 24.3. The first kappa shape index (κ1) is 26.5. The molecule has 2 N–H and O–H groups in total. The Balaban J connectivity index is 1.38. The Bertz CT molecular complexity index is 1290. The molecular weight excluding hydrogens is 539 g/mol. The number of nitrogens with one attached hydrogen (secondary N) is 2. The van der Waals surface area contributed by atoms with Crippen LogP contribution in [0.4, 0.5) is 11.4 Å². The normalized spacial score (nSPS) is 14.3. The molecule has 2 aromatic carbocycles. The van der Waals surface area contributed by atoms with Gasteiger partial charge in [0.2, 0.25) is 5.91 Å². The van der Waals surface area contributed by atoms with Crippen molar-refractivity contribution in [2.75, 3.05) is 42.9 Å². The summed E-state index contributed by atoms with van der Waals surface area (Å²) in [4.78, 5) is 17.1. The first-order valence-electron chi connectivity index (χ1n) is 11.5. The van der Waals surface area contributed by atoms with Gasteiger partial charge in [0.05, 0.1) is 26.4 Å². The van der Waals surface area contributed by atoms with Gasteiger partial charge in [-0.25, -0.2) is 0 Å². The Kier molecular flexibility index (Phi) is 8.93. The summed E-state index contributed by atoms with van der Waals surface area (Å²) in [5, 5.41) is 7.43. The minimum Gasteiger partial charge on any atom is -0.457 e. The average Bonchev–Trinajstić information content (AvgIpc) is 3.33. The number of furan rings is 1. The summed E-state index contributed by atoms with van der Waals surface area (Å²) in [6.45, 7) is 6.84. The molecular formula is C26H25Cl3N4O2S. The molecule has 0 spiro atoms. The second kappa shape index (κ2) is 12.1. The maximum atomic E-state index is 12.5. The molecule has 10 heteroatoms. The van der Waals surface area contributed by atoms with Gasteiger partial charge >= 0.3 is 0 Å². The van der Waals surface area contributed by atoms with E-state index in [0.29, 0.717) is 32.2 Å². The number of piperazine rings is 1. The van der Waals surface area contributed by atoms with Crippen LogP contribution < -0.4 is 15.5 Å². The van der Waals surface area contributed by atoms with Gasteiger partial charge in [0.25, 0.3) is 0 Å². The molecule has 1 saturated heterocycles. The SMILES string of the molecule is CCN1CCN(c2c(Cl)cccc2NC(=S)NC(=O)C=Cc2ccc(-c3cccc(Cl)c3Cl)o2)CC1. The molecule has 1 fully saturated rings. The first-order valence-corrected chi connectivity index (χ1v) is 13.0. The summed E-state index contributed by atoms with van der Waals surface area (Å²) in [7, 11) is 0. The molecule has 1 amide bonds. The van der Waals surface area contributed by atoms with Crippen molar-refractivity contribution in [1.82, 2.24) is 10.2 Å². The van der Waals surface area contributed by atoms with Crippen molar-refractivity contribution in [1.29, 1.82) is 0 Å². The largest absolute Gasteiger partial charge is 0.457 e. The van der Waals surface area contributed by atoms with Gasteiger partial charge in [-0.2, -0.15) is 0 Å². The summed E-state index contributed by atoms with van der Waals surface area (Å²) in [5.41, 5.74) is 2.30. The highest BCUT2D eigenvalue weighted by Gasteiger charge is 2.21. The van der Waals surface area contributed by atoms with E-state index >= 15 is 0 Å². The number of hydrogen-bond acceptors (Lipinski definition) is 5. The van der Waals surface area contributed by atoms with E-state index in [2.05, 4.69) is 27.4 Å². The van der Waals surface area contributed by atoms with Crippen LogP contribution in [-0.2, 0) is 4.79 Å². The van der Waals surface area contributed by atoms with Crippen LogP contribution in [0.25, 0.3) is 17.4 Å². The number of carbonyl (C=O) groups is 1. The van der Waals surface area contributed by atoms with Gasteiger partial charge in [-0.3, -0.25) is 10.1 Å². The third-order valence-electron chi connectivity index (χ3n) is 5.85. The van der Waals surface area contributed by atoms with Gasteiger partial charge < -0.3 is 19.5 Å². The van der Waals surface area contributed by atoms with E-state index in [1.807, 2.05) is 24.3 Å². The van der Waals surface area contributed by atoms with Crippen LogP contribution in [0.5, 0.6) is 0 Å². The predicted molar refractivity (Wildman–Crippen MR) is 153 cm³/mol. The summed E-state index contributed by atoms with van der Waals surface area (Å²) in [6.07, 6.45) is 2.90. The maximum Gasteiger partial charge on any atom is 0.250 e. The van der Waals surface area contributed by atoms with E-state index in [9.17, 15) is 4.79 Å². The van der Waals surface area contributed by atoms with Crippen LogP contribution in [0, 0.1) is 0 Å². The number of para-hydroxylation sites is 1. The smallest absolute Gasteiger partial charge is 0.250 e. The molecule has 2 heterocycles. The zero-order valence-corrected chi connectivity index (χ0v) is 22.6. The zero-order chi connectivity index (χ0) is 25.7. The molecule has 188 valence electrons. The van der Waals surface area contributed by atoms with Crippen LogP contribution in [0.3, 0.4) is 0 Å². The Morgan fingerprint density at radius 2 is 1.75 bits per heavy atom. The van der Waals surface area contributed by atoms with Crippen LogP contribution in [0.15, 0.2) is 59.0 Å². The van der Waals surface area contributed by atoms with Crippen molar-refractivity contribution in [3.8, 4) is 11.3 Å². The molecule has 36 heavy (non-hydrogen) atoms. The molecule has 0 atom stereocenters. The lowest BCUT2D eigenvalue weighted by Crippen LogP contribution is -2.46. The standard InChI is InChI=1S/C26H25Cl3N4O2S/c1-2-32-13-15-33(16-14-32)25-20(28)7-4-8-21(25)30-26(36)31-23(34)12-10-17-9-11-22(35-17)18-5-3-6-19(27)24(18)29/h3-12H,2,13-16H2,1H3,(H2,30,31,34,36). The minimum absolute atomic E-state index is 0.172. The van der Waals surface area contributed by atoms with Gasteiger partial charge in [0.15, 0.2) is 5.11 Å². The molecule has 0 unspecified atom stereocenters. The predicted octanol–water partition coefficient (Wildman–Crippen LogP) is 6.58. The van der Waals surface area contributed by atoms with E-state index in [0.717, 1.165) is 44.1 Å². The number of likely N-dealkylation sites (N-methyl/N-ethyl adjacent to an activating group) is 1. The number of hydrogen-bond donors (Lipinski definition) is 2. The first-order chi connectivity index (χ1) is 17.4. The van der Waals surface area contributed by atoms with Gasteiger partial charge in [-0.15, -0.1) is 0 Å². The molecule has 0 saturated carbocycles. The molecule has 3 aromatic rings. The van der Waals surface area contributed by atoms with Crippen molar-refractivity contribution in [2.45, 2.75) is 6.92 Å². The van der Waals surface area contributed by atoms with Crippen LogP contribution in [-0.4, -0.2) is 48.6 Å². The Hall–Kier alpha value is -2.55. The van der Waals surface area contributed by atoms with Crippen molar-refractivity contribution < 1.29 is 9.21 Å². The average molecular weight is 564 g/mol. The number of carbonyl (C=O) groups excluding carboxylic acids is 1. The molecule has 0 bridgehead atoms. The fraction of sp³-hybridized carbons (Fsp3) is 0.231. The van der Waals surface area contributed by atoms with Crippen LogP contribution in [0.1, 0.15) is 12.7 Å². The molecule has 0 aliphatic carbocycles.